The quantitative estimate of drug-likeness (QED) is 0.474. The van der Waals surface area contributed by atoms with Crippen molar-refractivity contribution in [1.82, 2.24) is 15.0 Å². The number of aromatic nitrogens is 2. The number of nitrogens with one attached hydrogen (secondary N) is 1. The number of para-hydroxylation sites is 2. The third-order valence-corrected chi connectivity index (χ3v) is 6.54. The highest BCUT2D eigenvalue weighted by Crippen LogP contribution is 2.43. The van der Waals surface area contributed by atoms with Gasteiger partial charge in [-0.05, 0) is 43.9 Å². The number of amides is 1. The summed E-state index contributed by atoms with van der Waals surface area (Å²) >= 11 is 0. The predicted molar refractivity (Wildman–Crippen MR) is 121 cm³/mol. The average molecular weight is 428 g/mol. The fourth-order valence-electron chi connectivity index (χ4n) is 4.87. The van der Waals surface area contributed by atoms with Gasteiger partial charge in [-0.2, -0.15) is 0 Å². The van der Waals surface area contributed by atoms with E-state index >= 15 is 0 Å². The lowest BCUT2D eigenvalue weighted by Crippen LogP contribution is -2.41. The van der Waals surface area contributed by atoms with E-state index in [1.165, 1.54) is 10.9 Å². The molecule has 3 heterocycles. The van der Waals surface area contributed by atoms with E-state index < -0.39 is 0 Å². The van der Waals surface area contributed by atoms with E-state index in [2.05, 4.69) is 34.4 Å². The standard InChI is InChI=1S/C26H25N3O3/c1-2-31-22-10-6-4-8-19(22)25-24-18(17-7-3-5-9-20(17)27-24)13-14-29(25)26(30)21-15-23(32-28-21)16-11-12-16/h3-10,15-16,25,27H,2,11-14H2,1H3/t25-/m0/s1. The van der Waals surface area contributed by atoms with Gasteiger partial charge in [-0.1, -0.05) is 41.6 Å². The van der Waals surface area contributed by atoms with E-state index in [-0.39, 0.29) is 11.9 Å². The Kier molecular flexibility index (Phi) is 4.52. The van der Waals surface area contributed by atoms with Crippen molar-refractivity contribution in [2.75, 3.05) is 13.2 Å². The Hall–Kier alpha value is -3.54. The summed E-state index contributed by atoms with van der Waals surface area (Å²) in [6, 6.07) is 17.9. The summed E-state index contributed by atoms with van der Waals surface area (Å²) in [5, 5.41) is 5.34. The van der Waals surface area contributed by atoms with Gasteiger partial charge >= 0.3 is 0 Å². The third kappa shape index (κ3) is 3.09. The van der Waals surface area contributed by atoms with E-state index in [4.69, 9.17) is 9.26 Å². The molecule has 1 amide bonds. The lowest BCUT2D eigenvalue weighted by molar-refractivity contribution is 0.0679. The van der Waals surface area contributed by atoms with Gasteiger partial charge in [0.05, 0.1) is 6.61 Å². The van der Waals surface area contributed by atoms with Crippen LogP contribution in [0.2, 0.25) is 0 Å². The van der Waals surface area contributed by atoms with Crippen LogP contribution < -0.4 is 4.74 Å². The van der Waals surface area contributed by atoms with Gasteiger partial charge in [0.1, 0.15) is 17.6 Å². The van der Waals surface area contributed by atoms with Gasteiger partial charge in [0.15, 0.2) is 5.69 Å². The molecule has 32 heavy (non-hydrogen) atoms. The second-order valence-electron chi connectivity index (χ2n) is 8.57. The molecule has 2 aliphatic rings. The Morgan fingerprint density at radius 2 is 2.00 bits per heavy atom. The van der Waals surface area contributed by atoms with Crippen LogP contribution in [0, 0.1) is 0 Å². The summed E-state index contributed by atoms with van der Waals surface area (Å²) < 4.78 is 11.5. The van der Waals surface area contributed by atoms with Gasteiger partial charge < -0.3 is 19.1 Å². The summed E-state index contributed by atoms with van der Waals surface area (Å²) in [5.74, 6) is 1.92. The number of hydrogen-bond donors (Lipinski definition) is 1. The van der Waals surface area contributed by atoms with Crippen LogP contribution in [-0.4, -0.2) is 34.1 Å². The predicted octanol–water partition coefficient (Wildman–Crippen LogP) is 5.22. The fraction of sp³-hybridized carbons (Fsp3) is 0.308. The van der Waals surface area contributed by atoms with E-state index in [1.54, 1.807) is 0 Å². The fourth-order valence-corrected chi connectivity index (χ4v) is 4.87. The monoisotopic (exact) mass is 427 g/mol. The topological polar surface area (TPSA) is 71.4 Å². The van der Waals surface area contributed by atoms with Gasteiger partial charge in [-0.25, -0.2) is 0 Å². The number of fused-ring (bicyclic) bond motifs is 3. The van der Waals surface area contributed by atoms with Crippen molar-refractivity contribution in [1.29, 1.82) is 0 Å². The Labute approximate surface area is 186 Å². The molecule has 2 aromatic carbocycles. The molecule has 1 atom stereocenters. The minimum Gasteiger partial charge on any atom is -0.494 e. The Balaban J connectivity index is 1.48. The van der Waals surface area contributed by atoms with E-state index in [9.17, 15) is 4.79 Å². The summed E-state index contributed by atoms with van der Waals surface area (Å²) in [6.07, 6.45) is 3.00. The minimum atomic E-state index is -0.289. The first-order valence-corrected chi connectivity index (χ1v) is 11.3. The number of nitrogens with zero attached hydrogens (tertiary/aromatic N) is 2. The van der Waals surface area contributed by atoms with Gasteiger partial charge in [0.25, 0.3) is 5.91 Å². The molecular weight excluding hydrogens is 402 g/mol. The molecule has 1 aliphatic carbocycles. The zero-order chi connectivity index (χ0) is 21.7. The van der Waals surface area contributed by atoms with Crippen LogP contribution in [0.15, 0.2) is 59.1 Å². The van der Waals surface area contributed by atoms with Crippen molar-refractivity contribution in [2.45, 2.75) is 38.1 Å². The van der Waals surface area contributed by atoms with E-state index in [0.29, 0.717) is 24.8 Å². The minimum absolute atomic E-state index is 0.110. The molecule has 0 spiro atoms. The first-order chi connectivity index (χ1) is 15.7. The first kappa shape index (κ1) is 19.2. The second-order valence-corrected chi connectivity index (χ2v) is 8.57. The van der Waals surface area contributed by atoms with E-state index in [0.717, 1.165) is 47.5 Å². The van der Waals surface area contributed by atoms with Gasteiger partial charge in [-0.15, -0.1) is 0 Å². The van der Waals surface area contributed by atoms with Gasteiger partial charge in [-0.3, -0.25) is 4.79 Å². The first-order valence-electron chi connectivity index (χ1n) is 11.3. The molecule has 2 aromatic heterocycles. The maximum absolute atomic E-state index is 13.7. The second kappa shape index (κ2) is 7.55. The van der Waals surface area contributed by atoms with Crippen molar-refractivity contribution in [3.05, 3.63) is 82.9 Å². The van der Waals surface area contributed by atoms with Crippen LogP contribution >= 0.6 is 0 Å². The molecule has 1 saturated carbocycles. The van der Waals surface area contributed by atoms with Crippen molar-refractivity contribution < 1.29 is 14.1 Å². The van der Waals surface area contributed by atoms with Gasteiger partial charge in [0.2, 0.25) is 0 Å². The summed E-state index contributed by atoms with van der Waals surface area (Å²) in [4.78, 5) is 19.2. The summed E-state index contributed by atoms with van der Waals surface area (Å²) in [6.45, 7) is 3.14. The highest BCUT2D eigenvalue weighted by molar-refractivity contribution is 5.94. The van der Waals surface area contributed by atoms with Crippen LogP contribution in [-0.2, 0) is 6.42 Å². The summed E-state index contributed by atoms with van der Waals surface area (Å²) in [5.41, 5.74) is 4.75. The Morgan fingerprint density at radius 3 is 2.84 bits per heavy atom. The van der Waals surface area contributed by atoms with Crippen molar-refractivity contribution in [3.8, 4) is 5.75 Å². The van der Waals surface area contributed by atoms with Crippen LogP contribution in [0.1, 0.15) is 64.8 Å². The van der Waals surface area contributed by atoms with Crippen LogP contribution in [0.25, 0.3) is 10.9 Å². The number of carbonyl (C=O) groups is 1. The van der Waals surface area contributed by atoms with Crippen molar-refractivity contribution in [2.24, 2.45) is 0 Å². The maximum Gasteiger partial charge on any atom is 0.276 e. The number of benzene rings is 2. The number of carbonyl (C=O) groups excluding carboxylic acids is 1. The molecule has 1 aliphatic heterocycles. The Bertz CT molecular complexity index is 1300. The molecule has 0 saturated heterocycles. The van der Waals surface area contributed by atoms with Crippen LogP contribution in [0.5, 0.6) is 5.75 Å². The normalized spacial score (nSPS) is 18.0. The van der Waals surface area contributed by atoms with Crippen molar-refractivity contribution in [3.63, 3.8) is 0 Å². The number of ether oxygens (including phenoxy) is 1. The Morgan fingerprint density at radius 1 is 1.19 bits per heavy atom. The van der Waals surface area contributed by atoms with Crippen LogP contribution in [0.4, 0.5) is 0 Å². The molecule has 6 nitrogen and oxygen atoms in total. The highest BCUT2D eigenvalue weighted by atomic mass is 16.5. The lowest BCUT2D eigenvalue weighted by atomic mass is 9.91. The molecule has 0 radical (unpaired) electrons. The third-order valence-electron chi connectivity index (χ3n) is 6.54. The molecule has 6 rings (SSSR count). The molecule has 1 N–H and O–H groups in total. The van der Waals surface area contributed by atoms with E-state index in [1.807, 2.05) is 42.2 Å². The smallest absolute Gasteiger partial charge is 0.276 e. The zero-order valence-corrected chi connectivity index (χ0v) is 18.0. The lowest BCUT2D eigenvalue weighted by Gasteiger charge is -2.36. The molecule has 162 valence electrons. The van der Waals surface area contributed by atoms with Crippen molar-refractivity contribution >= 4 is 16.8 Å². The molecule has 4 aromatic rings. The molecule has 1 fully saturated rings. The summed E-state index contributed by atoms with van der Waals surface area (Å²) in [7, 11) is 0. The molecule has 0 bridgehead atoms. The number of H-pyrrole nitrogens is 1. The van der Waals surface area contributed by atoms with Crippen LogP contribution in [0.3, 0.4) is 0 Å². The molecule has 6 heteroatoms. The molecule has 0 unspecified atom stereocenters. The number of hydrogen-bond acceptors (Lipinski definition) is 4. The molecular formula is C26H25N3O3. The van der Waals surface area contributed by atoms with Gasteiger partial charge in [0, 0.05) is 40.7 Å². The number of aromatic amines is 1. The largest absolute Gasteiger partial charge is 0.494 e. The highest BCUT2D eigenvalue weighted by Gasteiger charge is 2.38. The zero-order valence-electron chi connectivity index (χ0n) is 18.0. The average Bonchev–Trinajstić information content (AvgIpc) is 3.43. The number of rotatable bonds is 5. The SMILES string of the molecule is CCOc1ccccc1[C@H]1c2[nH]c3ccccc3c2CCN1C(=O)c1cc(C2CC2)on1. The maximum atomic E-state index is 13.7.